The molecule has 4 heteroatoms. The second-order valence-corrected chi connectivity index (χ2v) is 4.34. The third kappa shape index (κ3) is 2.03. The molecule has 90 valence electrons. The third-order valence-electron chi connectivity index (χ3n) is 2.81. The Morgan fingerprint density at radius 2 is 1.94 bits per heavy atom. The van der Waals surface area contributed by atoms with E-state index < -0.39 is 0 Å². The van der Waals surface area contributed by atoms with Gasteiger partial charge in [0, 0.05) is 12.2 Å². The van der Waals surface area contributed by atoms with Gasteiger partial charge in [-0.1, -0.05) is 32.0 Å². The van der Waals surface area contributed by atoms with Gasteiger partial charge in [0.2, 0.25) is 0 Å². The smallest absolute Gasteiger partial charge is 0.275 e. The number of aromatic amines is 1. The van der Waals surface area contributed by atoms with Gasteiger partial charge in [0.1, 0.15) is 0 Å². The highest BCUT2D eigenvalue weighted by Gasteiger charge is 2.15. The molecule has 0 radical (unpaired) electrons. The van der Waals surface area contributed by atoms with Gasteiger partial charge < -0.3 is 5.73 Å². The lowest BCUT2D eigenvalue weighted by molar-refractivity contribution is 0.756. The fourth-order valence-electron chi connectivity index (χ4n) is 1.92. The van der Waals surface area contributed by atoms with Gasteiger partial charge in [-0.2, -0.15) is 0 Å². The maximum absolute atomic E-state index is 12.2. The predicted molar refractivity (Wildman–Crippen MR) is 68.4 cm³/mol. The number of nitrogens with zero attached hydrogens (tertiary/aromatic N) is 1. The van der Waals surface area contributed by atoms with Gasteiger partial charge in [0.15, 0.2) is 0 Å². The zero-order chi connectivity index (χ0) is 12.4. The monoisotopic (exact) mass is 231 g/mol. The molecule has 1 aromatic heterocycles. The van der Waals surface area contributed by atoms with Crippen LogP contribution in [0.5, 0.6) is 0 Å². The van der Waals surface area contributed by atoms with Crippen molar-refractivity contribution in [3.8, 4) is 5.69 Å². The number of aromatic nitrogens is 2. The summed E-state index contributed by atoms with van der Waals surface area (Å²) in [7, 11) is 0. The van der Waals surface area contributed by atoms with E-state index in [9.17, 15) is 4.79 Å². The van der Waals surface area contributed by atoms with Crippen LogP contribution in [0.25, 0.3) is 5.69 Å². The van der Waals surface area contributed by atoms with Crippen LogP contribution < -0.4 is 11.3 Å². The average Bonchev–Trinajstić information content (AvgIpc) is 2.67. The van der Waals surface area contributed by atoms with E-state index in [0.29, 0.717) is 5.56 Å². The summed E-state index contributed by atoms with van der Waals surface area (Å²) in [5.74, 6) is 0.256. The second-order valence-electron chi connectivity index (χ2n) is 4.34. The third-order valence-corrected chi connectivity index (χ3v) is 2.81. The van der Waals surface area contributed by atoms with Gasteiger partial charge >= 0.3 is 0 Å². The first-order chi connectivity index (χ1) is 8.15. The molecule has 0 amide bonds. The van der Waals surface area contributed by atoms with Crippen LogP contribution in [0.2, 0.25) is 0 Å². The standard InChI is InChI=1S/C13H17N3O/c1-9(2)12-11(8-14)13(17)16(15-12)10-6-4-3-5-7-10/h3-7,9,15H,8,14H2,1-2H3. The van der Waals surface area contributed by atoms with E-state index >= 15 is 0 Å². The minimum atomic E-state index is -0.0533. The van der Waals surface area contributed by atoms with Gasteiger partial charge in [-0.15, -0.1) is 0 Å². The highest BCUT2D eigenvalue weighted by Crippen LogP contribution is 2.15. The van der Waals surface area contributed by atoms with Gasteiger partial charge in [-0.25, -0.2) is 4.68 Å². The second kappa shape index (κ2) is 4.59. The zero-order valence-electron chi connectivity index (χ0n) is 10.1. The number of benzene rings is 1. The Morgan fingerprint density at radius 1 is 1.29 bits per heavy atom. The van der Waals surface area contributed by atoms with E-state index in [-0.39, 0.29) is 18.0 Å². The summed E-state index contributed by atoms with van der Waals surface area (Å²) in [4.78, 5) is 12.2. The normalized spacial score (nSPS) is 11.1. The Labute approximate surface area is 100 Å². The molecule has 0 aliphatic rings. The van der Waals surface area contributed by atoms with Crippen LogP contribution in [-0.2, 0) is 6.54 Å². The van der Waals surface area contributed by atoms with Crippen LogP contribution >= 0.6 is 0 Å². The minimum Gasteiger partial charge on any atom is -0.326 e. The van der Waals surface area contributed by atoms with Crippen molar-refractivity contribution in [3.63, 3.8) is 0 Å². The van der Waals surface area contributed by atoms with Crippen LogP contribution in [-0.4, -0.2) is 9.78 Å². The fourth-order valence-corrected chi connectivity index (χ4v) is 1.92. The maximum atomic E-state index is 12.2. The average molecular weight is 231 g/mol. The van der Waals surface area contributed by atoms with Crippen molar-refractivity contribution in [2.24, 2.45) is 5.73 Å². The summed E-state index contributed by atoms with van der Waals surface area (Å²) >= 11 is 0. The zero-order valence-corrected chi connectivity index (χ0v) is 10.1. The molecule has 0 aliphatic carbocycles. The van der Waals surface area contributed by atoms with Gasteiger partial charge in [0.05, 0.1) is 11.3 Å². The van der Waals surface area contributed by atoms with Crippen LogP contribution in [0.15, 0.2) is 35.1 Å². The van der Waals surface area contributed by atoms with Crippen molar-refractivity contribution in [1.82, 2.24) is 9.78 Å². The lowest BCUT2D eigenvalue weighted by atomic mass is 10.1. The van der Waals surface area contributed by atoms with Gasteiger partial charge in [-0.05, 0) is 18.1 Å². The van der Waals surface area contributed by atoms with Crippen molar-refractivity contribution >= 4 is 0 Å². The van der Waals surface area contributed by atoms with E-state index in [1.54, 1.807) is 4.68 Å². The van der Waals surface area contributed by atoms with E-state index in [4.69, 9.17) is 5.73 Å². The number of nitrogens with two attached hydrogens (primary N) is 1. The summed E-state index contributed by atoms with van der Waals surface area (Å²) in [6.45, 7) is 4.35. The summed E-state index contributed by atoms with van der Waals surface area (Å²) in [5, 5.41) is 3.14. The molecule has 0 atom stereocenters. The molecular weight excluding hydrogens is 214 g/mol. The summed E-state index contributed by atoms with van der Waals surface area (Å²) in [5.41, 5.74) is 8.01. The molecule has 0 fully saturated rings. The van der Waals surface area contributed by atoms with Gasteiger partial charge in [-0.3, -0.25) is 9.89 Å². The SMILES string of the molecule is CC(C)c1[nH]n(-c2ccccc2)c(=O)c1CN. The molecule has 2 rings (SSSR count). The Balaban J connectivity index is 2.61. The highest BCUT2D eigenvalue weighted by molar-refractivity contribution is 5.33. The number of hydrogen-bond acceptors (Lipinski definition) is 2. The number of H-pyrrole nitrogens is 1. The molecule has 0 saturated carbocycles. The van der Waals surface area contributed by atoms with Crippen molar-refractivity contribution in [1.29, 1.82) is 0 Å². The predicted octanol–water partition coefficient (Wildman–Crippen LogP) is 1.75. The van der Waals surface area contributed by atoms with Crippen LogP contribution in [0, 0.1) is 0 Å². The molecule has 2 aromatic rings. The molecular formula is C13H17N3O. The Kier molecular flexibility index (Phi) is 3.15. The molecule has 0 spiro atoms. The van der Waals surface area contributed by atoms with Gasteiger partial charge in [0.25, 0.3) is 5.56 Å². The van der Waals surface area contributed by atoms with E-state index in [1.165, 1.54) is 0 Å². The number of hydrogen-bond donors (Lipinski definition) is 2. The van der Waals surface area contributed by atoms with Crippen molar-refractivity contribution < 1.29 is 0 Å². The van der Waals surface area contributed by atoms with E-state index in [2.05, 4.69) is 5.10 Å². The molecule has 4 nitrogen and oxygen atoms in total. The fraction of sp³-hybridized carbons (Fsp3) is 0.308. The van der Waals surface area contributed by atoms with E-state index in [1.807, 2.05) is 44.2 Å². The first-order valence-electron chi connectivity index (χ1n) is 5.74. The first kappa shape index (κ1) is 11.7. The summed E-state index contributed by atoms with van der Waals surface area (Å²) in [6, 6.07) is 9.51. The topological polar surface area (TPSA) is 63.8 Å². The van der Waals surface area contributed by atoms with Crippen LogP contribution in [0.3, 0.4) is 0 Å². The summed E-state index contributed by atoms with van der Waals surface area (Å²) < 4.78 is 1.55. The Morgan fingerprint density at radius 3 is 2.41 bits per heavy atom. The Hall–Kier alpha value is -1.81. The quantitative estimate of drug-likeness (QED) is 0.845. The van der Waals surface area contributed by atoms with Crippen molar-refractivity contribution in [3.05, 3.63) is 51.9 Å². The number of para-hydroxylation sites is 1. The molecule has 1 heterocycles. The molecule has 3 N–H and O–H groups in total. The maximum Gasteiger partial charge on any atom is 0.275 e. The van der Waals surface area contributed by atoms with Crippen molar-refractivity contribution in [2.45, 2.75) is 26.3 Å². The molecule has 0 aliphatic heterocycles. The largest absolute Gasteiger partial charge is 0.326 e. The lowest BCUT2D eigenvalue weighted by Gasteiger charge is -2.04. The molecule has 0 saturated heterocycles. The molecule has 17 heavy (non-hydrogen) atoms. The van der Waals surface area contributed by atoms with Crippen LogP contribution in [0.4, 0.5) is 0 Å². The minimum absolute atomic E-state index is 0.0533. The lowest BCUT2D eigenvalue weighted by Crippen LogP contribution is -2.19. The van der Waals surface area contributed by atoms with E-state index in [0.717, 1.165) is 11.4 Å². The van der Waals surface area contributed by atoms with Crippen LogP contribution in [0.1, 0.15) is 31.0 Å². The summed E-state index contributed by atoms with van der Waals surface area (Å²) in [6.07, 6.45) is 0. The number of rotatable bonds is 3. The Bertz CT molecular complexity index is 552. The van der Waals surface area contributed by atoms with Crippen molar-refractivity contribution in [2.75, 3.05) is 0 Å². The molecule has 0 unspecified atom stereocenters. The number of nitrogens with one attached hydrogen (secondary N) is 1. The first-order valence-corrected chi connectivity index (χ1v) is 5.74. The molecule has 1 aromatic carbocycles. The highest BCUT2D eigenvalue weighted by atomic mass is 16.1. The molecule has 0 bridgehead atoms.